The fourth-order valence-electron chi connectivity index (χ4n) is 2.30. The standard InChI is InChI=1S/C14H22BrClS/c1-9(8-14(3,4)5)6-12(16)13-11(15)7-10(2)17-13/h7,9,12H,6,8H2,1-5H3. The third-order valence-corrected chi connectivity index (χ3v) is 5.30. The predicted octanol–water partition coefficient (Wildman–Crippen LogP) is 6.56. The van der Waals surface area contributed by atoms with Crippen molar-refractivity contribution >= 4 is 38.9 Å². The van der Waals surface area contributed by atoms with Gasteiger partial charge in [0.1, 0.15) is 0 Å². The summed E-state index contributed by atoms with van der Waals surface area (Å²) in [5.74, 6) is 0.659. The second-order valence-corrected chi connectivity index (χ2v) is 8.81. The maximum absolute atomic E-state index is 6.53. The van der Waals surface area contributed by atoms with Crippen LogP contribution in [0, 0.1) is 18.3 Å². The first-order chi connectivity index (χ1) is 7.69. The quantitative estimate of drug-likeness (QED) is 0.546. The molecule has 2 atom stereocenters. The van der Waals surface area contributed by atoms with Crippen molar-refractivity contribution in [3.63, 3.8) is 0 Å². The van der Waals surface area contributed by atoms with E-state index in [0.29, 0.717) is 11.3 Å². The molecule has 98 valence electrons. The van der Waals surface area contributed by atoms with Crippen LogP contribution in [0.2, 0.25) is 0 Å². The molecular formula is C14H22BrClS. The average molecular weight is 338 g/mol. The van der Waals surface area contributed by atoms with Gasteiger partial charge in [-0.25, -0.2) is 0 Å². The van der Waals surface area contributed by atoms with E-state index in [9.17, 15) is 0 Å². The minimum absolute atomic E-state index is 0.139. The van der Waals surface area contributed by atoms with Crippen LogP contribution in [-0.4, -0.2) is 0 Å². The van der Waals surface area contributed by atoms with Gasteiger partial charge in [0.2, 0.25) is 0 Å². The molecule has 3 heteroatoms. The number of aryl methyl sites for hydroxylation is 1. The fourth-order valence-corrected chi connectivity index (χ4v) is 4.91. The number of hydrogen-bond donors (Lipinski definition) is 0. The summed E-state index contributed by atoms with van der Waals surface area (Å²) in [6.45, 7) is 11.3. The van der Waals surface area contributed by atoms with Crippen molar-refractivity contribution in [1.29, 1.82) is 0 Å². The number of hydrogen-bond acceptors (Lipinski definition) is 1. The third-order valence-electron chi connectivity index (χ3n) is 2.69. The first kappa shape index (κ1) is 15.5. The smallest absolute Gasteiger partial charge is 0.0692 e. The third kappa shape index (κ3) is 5.32. The van der Waals surface area contributed by atoms with Gasteiger partial charge in [0.25, 0.3) is 0 Å². The van der Waals surface area contributed by atoms with Gasteiger partial charge in [-0.2, -0.15) is 0 Å². The molecule has 0 aromatic carbocycles. The summed E-state index contributed by atoms with van der Waals surface area (Å²) in [5, 5.41) is 0.139. The molecule has 0 bridgehead atoms. The first-order valence-corrected chi connectivity index (χ1v) is 8.13. The van der Waals surface area contributed by atoms with Crippen LogP contribution in [0.4, 0.5) is 0 Å². The lowest BCUT2D eigenvalue weighted by Crippen LogP contribution is -2.12. The number of alkyl halides is 1. The second kappa shape index (κ2) is 6.08. The molecule has 1 aromatic heterocycles. The van der Waals surface area contributed by atoms with Crippen molar-refractivity contribution in [3.8, 4) is 0 Å². The molecule has 0 nitrogen and oxygen atoms in total. The van der Waals surface area contributed by atoms with E-state index < -0.39 is 0 Å². The van der Waals surface area contributed by atoms with Gasteiger partial charge >= 0.3 is 0 Å². The van der Waals surface area contributed by atoms with E-state index in [1.165, 1.54) is 20.6 Å². The Morgan fingerprint density at radius 1 is 1.41 bits per heavy atom. The highest BCUT2D eigenvalue weighted by molar-refractivity contribution is 9.10. The van der Waals surface area contributed by atoms with Crippen molar-refractivity contribution in [1.82, 2.24) is 0 Å². The van der Waals surface area contributed by atoms with Gasteiger partial charge in [0.15, 0.2) is 0 Å². The second-order valence-electron chi connectivity index (χ2n) is 6.14. The molecule has 2 unspecified atom stereocenters. The molecule has 17 heavy (non-hydrogen) atoms. The maximum atomic E-state index is 6.53. The summed E-state index contributed by atoms with van der Waals surface area (Å²) < 4.78 is 1.17. The Morgan fingerprint density at radius 2 is 2.00 bits per heavy atom. The Balaban J connectivity index is 2.60. The summed E-state index contributed by atoms with van der Waals surface area (Å²) in [4.78, 5) is 2.60. The Morgan fingerprint density at radius 3 is 2.41 bits per heavy atom. The fraction of sp³-hybridized carbons (Fsp3) is 0.714. The summed E-state index contributed by atoms with van der Waals surface area (Å²) in [7, 11) is 0. The van der Waals surface area contributed by atoms with Gasteiger partial charge in [0, 0.05) is 14.2 Å². The predicted molar refractivity (Wildman–Crippen MR) is 83.2 cm³/mol. The van der Waals surface area contributed by atoms with E-state index in [-0.39, 0.29) is 5.38 Å². The Kier molecular flexibility index (Phi) is 5.55. The van der Waals surface area contributed by atoms with Crippen molar-refractivity contribution < 1.29 is 0 Å². The first-order valence-electron chi connectivity index (χ1n) is 6.09. The highest BCUT2D eigenvalue weighted by Gasteiger charge is 2.21. The van der Waals surface area contributed by atoms with E-state index in [4.69, 9.17) is 11.6 Å². The summed E-state index contributed by atoms with van der Waals surface area (Å²) in [5.41, 5.74) is 0.388. The molecule has 1 heterocycles. The molecule has 0 saturated heterocycles. The lowest BCUT2D eigenvalue weighted by molar-refractivity contribution is 0.295. The molecule has 0 aliphatic heterocycles. The number of rotatable bonds is 4. The van der Waals surface area contributed by atoms with E-state index in [2.05, 4.69) is 56.6 Å². The SMILES string of the molecule is Cc1cc(Br)c(C(Cl)CC(C)CC(C)(C)C)s1. The minimum Gasteiger partial charge on any atom is -0.143 e. The molecular weight excluding hydrogens is 316 g/mol. The van der Waals surface area contributed by atoms with E-state index in [0.717, 1.165) is 6.42 Å². The van der Waals surface area contributed by atoms with Gasteiger partial charge in [-0.1, -0.05) is 27.7 Å². The molecule has 0 radical (unpaired) electrons. The van der Waals surface area contributed by atoms with Crippen LogP contribution in [0.15, 0.2) is 10.5 Å². The molecule has 0 saturated carbocycles. The van der Waals surface area contributed by atoms with E-state index in [1.54, 1.807) is 11.3 Å². The zero-order chi connectivity index (χ0) is 13.2. The Labute approximate surface area is 123 Å². The Bertz CT molecular complexity index is 365. The van der Waals surface area contributed by atoms with Gasteiger partial charge < -0.3 is 0 Å². The highest BCUT2D eigenvalue weighted by atomic mass is 79.9. The number of halogens is 2. The highest BCUT2D eigenvalue weighted by Crippen LogP contribution is 2.40. The summed E-state index contributed by atoms with van der Waals surface area (Å²) in [6.07, 6.45) is 2.27. The topological polar surface area (TPSA) is 0 Å². The molecule has 0 aliphatic carbocycles. The van der Waals surface area contributed by atoms with Crippen molar-refractivity contribution in [2.75, 3.05) is 0 Å². The molecule has 0 aliphatic rings. The lowest BCUT2D eigenvalue weighted by atomic mass is 9.83. The normalized spacial score (nSPS) is 15.9. The zero-order valence-corrected chi connectivity index (χ0v) is 14.5. The van der Waals surface area contributed by atoms with Gasteiger partial charge in [-0.3, -0.25) is 0 Å². The van der Waals surface area contributed by atoms with Crippen LogP contribution in [-0.2, 0) is 0 Å². The van der Waals surface area contributed by atoms with Gasteiger partial charge in [-0.15, -0.1) is 22.9 Å². The van der Waals surface area contributed by atoms with E-state index >= 15 is 0 Å². The van der Waals surface area contributed by atoms with Crippen molar-refractivity contribution in [3.05, 3.63) is 20.3 Å². The lowest BCUT2D eigenvalue weighted by Gasteiger charge is -2.24. The largest absolute Gasteiger partial charge is 0.143 e. The molecule has 1 rings (SSSR count). The van der Waals surface area contributed by atoms with Crippen molar-refractivity contribution in [2.24, 2.45) is 11.3 Å². The number of thiophene rings is 1. The van der Waals surface area contributed by atoms with Crippen LogP contribution in [0.5, 0.6) is 0 Å². The van der Waals surface area contributed by atoms with Gasteiger partial charge in [-0.05, 0) is 53.1 Å². The average Bonchev–Trinajstić information content (AvgIpc) is 2.41. The van der Waals surface area contributed by atoms with Crippen LogP contribution in [0.25, 0.3) is 0 Å². The molecule has 0 N–H and O–H groups in total. The summed E-state index contributed by atoms with van der Waals surface area (Å²) in [6, 6.07) is 2.16. The van der Waals surface area contributed by atoms with Crippen LogP contribution < -0.4 is 0 Å². The maximum Gasteiger partial charge on any atom is 0.0692 e. The van der Waals surface area contributed by atoms with Crippen LogP contribution in [0.3, 0.4) is 0 Å². The minimum atomic E-state index is 0.139. The Hall–Kier alpha value is 0.470. The molecule has 0 amide bonds. The van der Waals surface area contributed by atoms with Crippen LogP contribution >= 0.6 is 38.9 Å². The molecule has 0 fully saturated rings. The van der Waals surface area contributed by atoms with Crippen LogP contribution in [0.1, 0.15) is 55.7 Å². The van der Waals surface area contributed by atoms with Gasteiger partial charge in [0.05, 0.1) is 5.38 Å². The van der Waals surface area contributed by atoms with Crippen molar-refractivity contribution in [2.45, 2.75) is 52.8 Å². The molecule has 0 spiro atoms. The summed E-state index contributed by atoms with van der Waals surface area (Å²) >= 11 is 11.9. The van der Waals surface area contributed by atoms with E-state index in [1.807, 2.05) is 0 Å². The molecule has 1 aromatic rings. The monoisotopic (exact) mass is 336 g/mol. The zero-order valence-electron chi connectivity index (χ0n) is 11.3.